The standard InChI is InChI=1S/C6H12Si/c1-3-5-7-6-4-2/h3-4,6H,1,5,7H2,2H3. The summed E-state index contributed by atoms with van der Waals surface area (Å²) in [5.41, 5.74) is 2.28. The van der Waals surface area contributed by atoms with Gasteiger partial charge < -0.3 is 0 Å². The van der Waals surface area contributed by atoms with Crippen LogP contribution in [0, 0.1) is 0 Å². The molecule has 0 bridgehead atoms. The summed E-state index contributed by atoms with van der Waals surface area (Å²) in [6.07, 6.45) is 4.11. The molecule has 0 heterocycles. The molecular weight excluding hydrogens is 100 g/mol. The first kappa shape index (κ1) is 6.70. The zero-order valence-corrected chi connectivity index (χ0v) is 6.27. The van der Waals surface area contributed by atoms with Crippen molar-refractivity contribution < 1.29 is 0 Å². The predicted molar refractivity (Wildman–Crippen MR) is 38.4 cm³/mol. The van der Waals surface area contributed by atoms with E-state index in [1.54, 1.807) is 0 Å². The minimum absolute atomic E-state index is 0.113. The van der Waals surface area contributed by atoms with Crippen LogP contribution in [0.1, 0.15) is 6.92 Å². The van der Waals surface area contributed by atoms with Crippen LogP contribution in [0.25, 0.3) is 0 Å². The van der Waals surface area contributed by atoms with Gasteiger partial charge in [0.15, 0.2) is 0 Å². The lowest BCUT2D eigenvalue weighted by atomic mass is 10.8. The summed E-state index contributed by atoms with van der Waals surface area (Å²) in [5, 5.41) is 0. The molecule has 0 rings (SSSR count). The van der Waals surface area contributed by atoms with E-state index in [0.717, 1.165) is 0 Å². The largest absolute Gasteiger partial charge is 0.105 e. The molecule has 0 aromatic heterocycles. The summed E-state index contributed by atoms with van der Waals surface area (Å²) in [7, 11) is 0.113. The predicted octanol–water partition coefficient (Wildman–Crippen LogP) is 1.29. The van der Waals surface area contributed by atoms with Crippen molar-refractivity contribution in [1.82, 2.24) is 0 Å². The molecule has 0 saturated heterocycles. The smallest absolute Gasteiger partial charge is 0.0486 e. The third-order valence-corrected chi connectivity index (χ3v) is 2.32. The van der Waals surface area contributed by atoms with Gasteiger partial charge in [-0.15, -0.1) is 12.3 Å². The quantitative estimate of drug-likeness (QED) is 0.293. The number of hydrogen-bond donors (Lipinski definition) is 0. The van der Waals surface area contributed by atoms with Gasteiger partial charge in [0.25, 0.3) is 0 Å². The Bertz CT molecular complexity index is 64.6. The van der Waals surface area contributed by atoms with Gasteiger partial charge in [-0.3, -0.25) is 0 Å². The number of rotatable bonds is 3. The van der Waals surface area contributed by atoms with Crippen LogP contribution in [0.2, 0.25) is 6.04 Å². The maximum atomic E-state index is 3.63. The summed E-state index contributed by atoms with van der Waals surface area (Å²) in [6, 6.07) is 1.24. The topological polar surface area (TPSA) is 0 Å². The highest BCUT2D eigenvalue weighted by Crippen LogP contribution is 1.78. The fourth-order valence-electron chi connectivity index (χ4n) is 0.381. The summed E-state index contributed by atoms with van der Waals surface area (Å²) >= 11 is 0. The Morgan fingerprint density at radius 2 is 2.43 bits per heavy atom. The van der Waals surface area contributed by atoms with Crippen molar-refractivity contribution in [3.05, 3.63) is 24.4 Å². The Labute approximate surface area is 47.8 Å². The molecule has 0 radical (unpaired) electrons. The molecule has 0 aromatic carbocycles. The summed E-state index contributed by atoms with van der Waals surface area (Å²) in [5.74, 6) is 0. The first-order valence-electron chi connectivity index (χ1n) is 2.64. The lowest BCUT2D eigenvalue weighted by Gasteiger charge is -1.77. The van der Waals surface area contributed by atoms with Crippen LogP contribution in [-0.2, 0) is 0 Å². The molecule has 0 unspecified atom stereocenters. The fraction of sp³-hybridized carbons (Fsp3) is 0.333. The van der Waals surface area contributed by atoms with Crippen LogP contribution >= 0.6 is 0 Å². The summed E-state index contributed by atoms with van der Waals surface area (Å²) in [4.78, 5) is 0. The number of hydrogen-bond acceptors (Lipinski definition) is 0. The molecule has 0 atom stereocenters. The molecule has 0 spiro atoms. The zero-order chi connectivity index (χ0) is 5.54. The highest BCUT2D eigenvalue weighted by molar-refractivity contribution is 6.42. The lowest BCUT2D eigenvalue weighted by molar-refractivity contribution is 1.70. The molecule has 0 aliphatic heterocycles. The van der Waals surface area contributed by atoms with Crippen molar-refractivity contribution in [1.29, 1.82) is 0 Å². The fourth-order valence-corrected chi connectivity index (χ4v) is 1.14. The maximum absolute atomic E-state index is 3.63. The molecule has 0 aromatic rings. The molecular formula is C6H12Si. The van der Waals surface area contributed by atoms with Gasteiger partial charge in [0, 0.05) is 9.52 Å². The van der Waals surface area contributed by atoms with E-state index < -0.39 is 0 Å². The van der Waals surface area contributed by atoms with Gasteiger partial charge in [-0.25, -0.2) is 0 Å². The minimum atomic E-state index is 0.113. The highest BCUT2D eigenvalue weighted by Gasteiger charge is 1.70. The average Bonchev–Trinajstić information content (AvgIpc) is 1.69. The zero-order valence-electron chi connectivity index (χ0n) is 4.85. The third kappa shape index (κ3) is 5.70. The van der Waals surface area contributed by atoms with Gasteiger partial charge in [-0.05, 0) is 13.0 Å². The van der Waals surface area contributed by atoms with Gasteiger partial charge >= 0.3 is 0 Å². The van der Waals surface area contributed by atoms with Crippen LogP contribution in [-0.4, -0.2) is 9.52 Å². The molecule has 0 fully saturated rings. The Hall–Kier alpha value is -0.303. The Kier molecular flexibility index (Phi) is 5.45. The van der Waals surface area contributed by atoms with E-state index in [4.69, 9.17) is 0 Å². The van der Waals surface area contributed by atoms with E-state index in [-0.39, 0.29) is 9.52 Å². The average molecular weight is 112 g/mol. The molecule has 0 aliphatic carbocycles. The second kappa shape index (κ2) is 5.70. The second-order valence-corrected chi connectivity index (χ2v) is 3.06. The van der Waals surface area contributed by atoms with Crippen LogP contribution < -0.4 is 0 Å². The van der Waals surface area contributed by atoms with Crippen molar-refractivity contribution >= 4 is 9.52 Å². The van der Waals surface area contributed by atoms with Gasteiger partial charge in [0.2, 0.25) is 0 Å². The van der Waals surface area contributed by atoms with Crippen LogP contribution in [0.3, 0.4) is 0 Å². The Balaban J connectivity index is 2.82. The van der Waals surface area contributed by atoms with E-state index in [1.807, 2.05) is 6.08 Å². The van der Waals surface area contributed by atoms with Crippen LogP contribution in [0.15, 0.2) is 24.4 Å². The SMILES string of the molecule is C=CC[SiH2]C=CC. The van der Waals surface area contributed by atoms with Crippen molar-refractivity contribution in [3.63, 3.8) is 0 Å². The Morgan fingerprint density at radius 3 is 2.86 bits per heavy atom. The summed E-state index contributed by atoms with van der Waals surface area (Å²) < 4.78 is 0. The van der Waals surface area contributed by atoms with E-state index in [2.05, 4.69) is 25.3 Å². The molecule has 0 N–H and O–H groups in total. The first-order valence-corrected chi connectivity index (χ1v) is 4.45. The first-order chi connectivity index (χ1) is 3.41. The van der Waals surface area contributed by atoms with Gasteiger partial charge in [-0.2, -0.15) is 0 Å². The molecule has 0 nitrogen and oxygen atoms in total. The molecule has 0 aliphatic rings. The minimum Gasteiger partial charge on any atom is -0.105 e. The van der Waals surface area contributed by atoms with Crippen molar-refractivity contribution in [2.45, 2.75) is 13.0 Å². The van der Waals surface area contributed by atoms with Gasteiger partial charge in [0.05, 0.1) is 0 Å². The van der Waals surface area contributed by atoms with Crippen LogP contribution in [0.4, 0.5) is 0 Å². The van der Waals surface area contributed by atoms with E-state index in [0.29, 0.717) is 0 Å². The molecule has 1 heteroatoms. The molecule has 40 valence electrons. The van der Waals surface area contributed by atoms with E-state index >= 15 is 0 Å². The van der Waals surface area contributed by atoms with Crippen LogP contribution in [0.5, 0.6) is 0 Å². The van der Waals surface area contributed by atoms with Gasteiger partial charge in [0.1, 0.15) is 0 Å². The highest BCUT2D eigenvalue weighted by atomic mass is 28.2. The molecule has 0 saturated carbocycles. The molecule has 0 amide bonds. The van der Waals surface area contributed by atoms with Gasteiger partial charge in [-0.1, -0.05) is 12.2 Å². The maximum Gasteiger partial charge on any atom is 0.0486 e. The second-order valence-electron chi connectivity index (χ2n) is 1.44. The van der Waals surface area contributed by atoms with Crippen molar-refractivity contribution in [2.24, 2.45) is 0 Å². The van der Waals surface area contributed by atoms with E-state index in [1.165, 1.54) is 6.04 Å². The third-order valence-electron chi connectivity index (χ3n) is 0.773. The number of allylic oxidation sites excluding steroid dienone is 2. The normalized spacial score (nSPS) is 11.6. The van der Waals surface area contributed by atoms with Crippen molar-refractivity contribution in [3.8, 4) is 0 Å². The molecule has 7 heavy (non-hydrogen) atoms. The van der Waals surface area contributed by atoms with Crippen molar-refractivity contribution in [2.75, 3.05) is 0 Å². The van der Waals surface area contributed by atoms with E-state index in [9.17, 15) is 0 Å². The Morgan fingerprint density at radius 1 is 1.71 bits per heavy atom. The monoisotopic (exact) mass is 112 g/mol. The lowest BCUT2D eigenvalue weighted by Crippen LogP contribution is -1.76. The summed E-state index contributed by atoms with van der Waals surface area (Å²) in [6.45, 7) is 5.70.